The minimum Gasteiger partial charge on any atom is -0.494 e. The molecule has 3 nitrogen and oxygen atoms in total. The Morgan fingerprint density at radius 3 is 2.78 bits per heavy atom. The summed E-state index contributed by atoms with van der Waals surface area (Å²) in [5.41, 5.74) is 1.16. The van der Waals surface area contributed by atoms with Gasteiger partial charge >= 0.3 is 0 Å². The molecular weight excluding hydrogens is 226 g/mol. The Kier molecular flexibility index (Phi) is 4.56. The zero-order chi connectivity index (χ0) is 12.8. The number of aliphatic hydroxyl groups is 1. The van der Waals surface area contributed by atoms with Crippen LogP contribution in [-0.4, -0.2) is 24.9 Å². The summed E-state index contributed by atoms with van der Waals surface area (Å²) in [7, 11) is 0. The molecule has 96 valence electrons. The Bertz CT molecular complexity index is 511. The summed E-state index contributed by atoms with van der Waals surface area (Å²) in [4.78, 5) is 0. The number of aliphatic hydroxyl groups excluding tert-OH is 1. The first kappa shape index (κ1) is 12.9. The summed E-state index contributed by atoms with van der Waals surface area (Å²) in [6.07, 6.45) is 0. The molecule has 0 amide bonds. The van der Waals surface area contributed by atoms with Gasteiger partial charge in [-0.15, -0.1) is 0 Å². The predicted molar refractivity (Wildman–Crippen MR) is 73.9 cm³/mol. The van der Waals surface area contributed by atoms with Gasteiger partial charge in [-0.1, -0.05) is 30.3 Å². The molecule has 0 saturated heterocycles. The fourth-order valence-corrected chi connectivity index (χ4v) is 2.08. The topological polar surface area (TPSA) is 41.5 Å². The van der Waals surface area contributed by atoms with Gasteiger partial charge in [0.2, 0.25) is 0 Å². The lowest BCUT2D eigenvalue weighted by Crippen LogP contribution is -2.18. The first-order chi connectivity index (χ1) is 8.86. The van der Waals surface area contributed by atoms with E-state index in [2.05, 4.69) is 23.5 Å². The molecule has 0 radical (unpaired) electrons. The van der Waals surface area contributed by atoms with Gasteiger partial charge in [0.1, 0.15) is 5.75 Å². The van der Waals surface area contributed by atoms with Crippen LogP contribution in [0.25, 0.3) is 10.8 Å². The molecule has 2 aromatic rings. The van der Waals surface area contributed by atoms with E-state index in [-0.39, 0.29) is 6.61 Å². The molecular formula is C15H19NO2. The maximum Gasteiger partial charge on any atom is 0.124 e. The number of ether oxygens (including phenoxy) is 1. The van der Waals surface area contributed by atoms with E-state index in [1.54, 1.807) is 0 Å². The van der Waals surface area contributed by atoms with Gasteiger partial charge in [0.05, 0.1) is 13.2 Å². The van der Waals surface area contributed by atoms with Crippen LogP contribution in [0.2, 0.25) is 0 Å². The maximum atomic E-state index is 8.84. The van der Waals surface area contributed by atoms with Crippen molar-refractivity contribution in [2.45, 2.75) is 13.5 Å². The molecule has 2 N–H and O–H groups in total. The molecule has 0 saturated carbocycles. The average molecular weight is 245 g/mol. The van der Waals surface area contributed by atoms with Crippen molar-refractivity contribution in [3.05, 3.63) is 42.0 Å². The van der Waals surface area contributed by atoms with E-state index >= 15 is 0 Å². The van der Waals surface area contributed by atoms with Gasteiger partial charge in [0.25, 0.3) is 0 Å². The maximum absolute atomic E-state index is 8.84. The molecule has 0 spiro atoms. The summed E-state index contributed by atoms with van der Waals surface area (Å²) in [5, 5.41) is 14.5. The third-order valence-electron chi connectivity index (χ3n) is 2.89. The van der Waals surface area contributed by atoms with Crippen molar-refractivity contribution < 1.29 is 9.84 Å². The van der Waals surface area contributed by atoms with Crippen LogP contribution in [0.15, 0.2) is 36.4 Å². The molecule has 18 heavy (non-hydrogen) atoms. The van der Waals surface area contributed by atoms with Gasteiger partial charge in [0, 0.05) is 18.7 Å². The van der Waals surface area contributed by atoms with Gasteiger partial charge in [-0.3, -0.25) is 0 Å². The molecule has 0 aliphatic carbocycles. The van der Waals surface area contributed by atoms with Gasteiger partial charge in [-0.2, -0.15) is 0 Å². The molecule has 2 aromatic carbocycles. The first-order valence-corrected chi connectivity index (χ1v) is 6.31. The summed E-state index contributed by atoms with van der Waals surface area (Å²) in [6, 6.07) is 12.4. The van der Waals surface area contributed by atoms with Crippen molar-refractivity contribution in [1.29, 1.82) is 0 Å². The summed E-state index contributed by atoms with van der Waals surface area (Å²) in [5.74, 6) is 0.918. The normalized spacial score (nSPS) is 10.8. The van der Waals surface area contributed by atoms with Crippen LogP contribution in [-0.2, 0) is 6.54 Å². The molecule has 0 aliphatic heterocycles. The third-order valence-corrected chi connectivity index (χ3v) is 2.89. The minimum atomic E-state index is 0.148. The van der Waals surface area contributed by atoms with Gasteiger partial charge in [-0.25, -0.2) is 0 Å². The molecule has 3 heteroatoms. The van der Waals surface area contributed by atoms with Crippen molar-refractivity contribution in [3.8, 4) is 5.75 Å². The lowest BCUT2D eigenvalue weighted by atomic mass is 10.0. The van der Waals surface area contributed by atoms with E-state index in [4.69, 9.17) is 9.84 Å². The highest BCUT2D eigenvalue weighted by Gasteiger charge is 2.07. The fraction of sp³-hybridized carbons (Fsp3) is 0.333. The number of hydrogen-bond donors (Lipinski definition) is 2. The van der Waals surface area contributed by atoms with Crippen molar-refractivity contribution in [1.82, 2.24) is 5.32 Å². The van der Waals surface area contributed by atoms with Crippen molar-refractivity contribution in [2.24, 2.45) is 0 Å². The highest BCUT2D eigenvalue weighted by Crippen LogP contribution is 2.28. The van der Waals surface area contributed by atoms with Gasteiger partial charge in [0.15, 0.2) is 0 Å². The summed E-state index contributed by atoms with van der Waals surface area (Å²) in [6.45, 7) is 4.09. The quantitative estimate of drug-likeness (QED) is 0.767. The standard InChI is InChI=1S/C15H19NO2/c1-2-18-15-8-7-12-5-3-4-6-13(12)14(15)11-16-9-10-17/h3-8,16-17H,2,9-11H2,1H3. The number of nitrogens with one attached hydrogen (secondary N) is 1. The van der Waals surface area contributed by atoms with Crippen LogP contribution < -0.4 is 10.1 Å². The van der Waals surface area contributed by atoms with Crippen LogP contribution in [0, 0.1) is 0 Å². The zero-order valence-electron chi connectivity index (χ0n) is 10.6. The van der Waals surface area contributed by atoms with Crippen molar-refractivity contribution >= 4 is 10.8 Å². The van der Waals surface area contributed by atoms with E-state index in [1.165, 1.54) is 10.8 Å². The molecule has 0 fully saturated rings. The molecule has 0 heterocycles. The Balaban J connectivity index is 2.38. The number of benzene rings is 2. The van der Waals surface area contributed by atoms with Crippen LogP contribution in [0.3, 0.4) is 0 Å². The Morgan fingerprint density at radius 1 is 1.17 bits per heavy atom. The lowest BCUT2D eigenvalue weighted by Gasteiger charge is -2.13. The first-order valence-electron chi connectivity index (χ1n) is 6.31. The van der Waals surface area contributed by atoms with Crippen molar-refractivity contribution in [3.63, 3.8) is 0 Å². The van der Waals surface area contributed by atoms with E-state index in [1.807, 2.05) is 25.1 Å². The smallest absolute Gasteiger partial charge is 0.124 e. The molecule has 2 rings (SSSR count). The predicted octanol–water partition coefficient (Wildman–Crippen LogP) is 2.32. The summed E-state index contributed by atoms with van der Waals surface area (Å²) < 4.78 is 5.67. The van der Waals surface area contributed by atoms with Crippen molar-refractivity contribution in [2.75, 3.05) is 19.8 Å². The summed E-state index contributed by atoms with van der Waals surface area (Å²) >= 11 is 0. The SMILES string of the molecule is CCOc1ccc2ccccc2c1CNCCO. The molecule has 0 atom stereocenters. The van der Waals surface area contributed by atoms with E-state index in [9.17, 15) is 0 Å². The lowest BCUT2D eigenvalue weighted by molar-refractivity contribution is 0.291. The monoisotopic (exact) mass is 245 g/mol. The second-order valence-electron chi connectivity index (χ2n) is 4.10. The van der Waals surface area contributed by atoms with E-state index in [0.717, 1.165) is 11.3 Å². The third kappa shape index (κ3) is 2.81. The van der Waals surface area contributed by atoms with Gasteiger partial charge in [-0.05, 0) is 23.8 Å². The molecule has 0 aromatic heterocycles. The fourth-order valence-electron chi connectivity index (χ4n) is 2.08. The zero-order valence-corrected chi connectivity index (χ0v) is 10.6. The number of hydrogen-bond acceptors (Lipinski definition) is 3. The highest BCUT2D eigenvalue weighted by molar-refractivity contribution is 5.87. The van der Waals surface area contributed by atoms with Crippen LogP contribution in [0.4, 0.5) is 0 Å². The Morgan fingerprint density at radius 2 is 2.00 bits per heavy atom. The number of rotatable bonds is 6. The van der Waals surface area contributed by atoms with E-state index in [0.29, 0.717) is 19.7 Å². The second kappa shape index (κ2) is 6.38. The van der Waals surface area contributed by atoms with Gasteiger partial charge < -0.3 is 15.2 Å². The second-order valence-corrected chi connectivity index (χ2v) is 4.10. The van der Waals surface area contributed by atoms with E-state index < -0.39 is 0 Å². The highest BCUT2D eigenvalue weighted by atomic mass is 16.5. The molecule has 0 bridgehead atoms. The minimum absolute atomic E-state index is 0.148. The molecule has 0 unspecified atom stereocenters. The molecule has 0 aliphatic rings. The number of fused-ring (bicyclic) bond motifs is 1. The largest absolute Gasteiger partial charge is 0.494 e. The van der Waals surface area contributed by atoms with Crippen LogP contribution >= 0.6 is 0 Å². The average Bonchev–Trinajstić information content (AvgIpc) is 2.41. The Hall–Kier alpha value is -1.58. The van der Waals surface area contributed by atoms with Crippen LogP contribution in [0.1, 0.15) is 12.5 Å². The van der Waals surface area contributed by atoms with Crippen LogP contribution in [0.5, 0.6) is 5.75 Å². The Labute approximate surface area is 107 Å².